The fraction of sp³-hybridized carbons (Fsp3) is 0. The smallest absolute Gasteiger partial charge is 0.235 e. The zero-order valence-electron chi connectivity index (χ0n) is 29.1. The van der Waals surface area contributed by atoms with Crippen LogP contribution >= 0.6 is 0 Å². The predicted octanol–water partition coefficient (Wildman–Crippen LogP) is 13.3. The predicted molar refractivity (Wildman–Crippen MR) is 223 cm³/mol. The molecule has 3 heterocycles. The zero-order chi connectivity index (χ0) is 35.6. The number of hydrogen-bond donors (Lipinski definition) is 0. The summed E-state index contributed by atoms with van der Waals surface area (Å²) in [5.41, 5.74) is 13.5. The Morgan fingerprint density at radius 3 is 1.85 bits per heavy atom. The first-order valence-electron chi connectivity index (χ1n) is 18.2. The van der Waals surface area contributed by atoms with Gasteiger partial charge in [0.2, 0.25) is 5.95 Å². The molecule has 54 heavy (non-hydrogen) atoms. The van der Waals surface area contributed by atoms with Gasteiger partial charge in [-0.15, -0.1) is 0 Å². The molecule has 0 amide bonds. The first kappa shape index (κ1) is 30.3. The Labute approximate surface area is 311 Å². The number of aromatic nitrogens is 3. The Hall–Kier alpha value is -7.30. The SMILES string of the molecule is c1ccc(-c2ccc3c(c2)c2cccc(-c4cccc(-c5cccc6c5oc5ccccc56)c4)c2n3-c2nc(-c3ccccc3)c3ccccc3n2)cc1. The Kier molecular flexibility index (Phi) is 6.82. The summed E-state index contributed by atoms with van der Waals surface area (Å²) in [6.07, 6.45) is 0. The molecule has 0 spiro atoms. The van der Waals surface area contributed by atoms with Gasteiger partial charge in [-0.3, -0.25) is 4.57 Å². The Morgan fingerprint density at radius 1 is 0.389 bits per heavy atom. The molecule has 0 unspecified atom stereocenters. The summed E-state index contributed by atoms with van der Waals surface area (Å²) < 4.78 is 8.74. The molecule has 0 fully saturated rings. The summed E-state index contributed by atoms with van der Waals surface area (Å²) >= 11 is 0. The van der Waals surface area contributed by atoms with Crippen LogP contribution in [0, 0.1) is 0 Å². The van der Waals surface area contributed by atoms with E-state index in [2.05, 4.69) is 168 Å². The van der Waals surface area contributed by atoms with E-state index in [4.69, 9.17) is 14.4 Å². The molecule has 0 saturated carbocycles. The van der Waals surface area contributed by atoms with Gasteiger partial charge in [0.1, 0.15) is 11.2 Å². The second-order valence-corrected chi connectivity index (χ2v) is 13.8. The minimum Gasteiger partial charge on any atom is -0.455 e. The average Bonchev–Trinajstić information content (AvgIpc) is 3.80. The van der Waals surface area contributed by atoms with Gasteiger partial charge in [0.05, 0.1) is 22.2 Å². The first-order chi connectivity index (χ1) is 26.8. The van der Waals surface area contributed by atoms with Gasteiger partial charge in [-0.2, -0.15) is 0 Å². The van der Waals surface area contributed by atoms with E-state index in [1.54, 1.807) is 0 Å². The van der Waals surface area contributed by atoms with Crippen LogP contribution in [0.2, 0.25) is 0 Å². The van der Waals surface area contributed by atoms with Crippen molar-refractivity contribution in [3.8, 4) is 50.6 Å². The van der Waals surface area contributed by atoms with Crippen LogP contribution in [0.3, 0.4) is 0 Å². The Morgan fingerprint density at radius 2 is 1.02 bits per heavy atom. The standard InChI is InChI=1S/C50H31N3O/c1-3-14-32(15-4-1)34-28-29-45-43(31-34)40-24-12-22-37(35-18-11-19-36(30-35)38-23-13-25-41-39-20-8-10-27-46(39)54-49(38)41)48(40)53(45)50-51-44-26-9-7-21-42(44)47(52-50)33-16-5-2-6-17-33/h1-31H. The first-order valence-corrected chi connectivity index (χ1v) is 18.2. The van der Waals surface area contributed by atoms with Gasteiger partial charge >= 0.3 is 0 Å². The molecule has 11 rings (SSSR count). The second kappa shape index (κ2) is 12.1. The van der Waals surface area contributed by atoms with Crippen LogP contribution < -0.4 is 0 Å². The maximum absolute atomic E-state index is 6.48. The van der Waals surface area contributed by atoms with Crippen LogP contribution in [0.4, 0.5) is 0 Å². The highest BCUT2D eigenvalue weighted by molar-refractivity contribution is 6.15. The molecule has 0 atom stereocenters. The Bertz CT molecular complexity index is 3210. The van der Waals surface area contributed by atoms with E-state index >= 15 is 0 Å². The zero-order valence-corrected chi connectivity index (χ0v) is 29.1. The van der Waals surface area contributed by atoms with E-state index < -0.39 is 0 Å². The average molecular weight is 690 g/mol. The van der Waals surface area contributed by atoms with Crippen LogP contribution in [0.1, 0.15) is 0 Å². The van der Waals surface area contributed by atoms with Gasteiger partial charge in [-0.05, 0) is 52.6 Å². The van der Waals surface area contributed by atoms with Crippen LogP contribution in [0.5, 0.6) is 0 Å². The molecule has 3 aromatic heterocycles. The normalized spacial score (nSPS) is 11.7. The minimum absolute atomic E-state index is 0.635. The van der Waals surface area contributed by atoms with E-state index in [1.165, 1.54) is 5.56 Å². The van der Waals surface area contributed by atoms with Crippen molar-refractivity contribution in [2.24, 2.45) is 0 Å². The highest BCUT2D eigenvalue weighted by Crippen LogP contribution is 2.42. The van der Waals surface area contributed by atoms with E-state index in [1.807, 2.05) is 24.3 Å². The van der Waals surface area contributed by atoms with Gasteiger partial charge in [-0.1, -0.05) is 158 Å². The van der Waals surface area contributed by atoms with Crippen LogP contribution in [0.25, 0.3) is 105 Å². The summed E-state index contributed by atoms with van der Waals surface area (Å²) in [5.74, 6) is 0.635. The highest BCUT2D eigenvalue weighted by atomic mass is 16.3. The molecule has 8 aromatic carbocycles. The third-order valence-electron chi connectivity index (χ3n) is 10.6. The van der Waals surface area contributed by atoms with Crippen LogP contribution in [-0.2, 0) is 0 Å². The fourth-order valence-electron chi connectivity index (χ4n) is 8.13. The van der Waals surface area contributed by atoms with E-state index in [9.17, 15) is 0 Å². The molecule has 0 aliphatic rings. The lowest BCUT2D eigenvalue weighted by Crippen LogP contribution is -2.04. The lowest BCUT2D eigenvalue weighted by Gasteiger charge is -2.14. The summed E-state index contributed by atoms with van der Waals surface area (Å²) in [7, 11) is 0. The second-order valence-electron chi connectivity index (χ2n) is 13.8. The van der Waals surface area contributed by atoms with Crippen LogP contribution in [-0.4, -0.2) is 14.5 Å². The van der Waals surface area contributed by atoms with Gasteiger partial charge in [0.15, 0.2) is 0 Å². The maximum Gasteiger partial charge on any atom is 0.235 e. The number of benzene rings is 8. The molecule has 0 bridgehead atoms. The molecule has 252 valence electrons. The summed E-state index contributed by atoms with van der Waals surface area (Å²) in [4.78, 5) is 10.7. The third-order valence-corrected chi connectivity index (χ3v) is 10.6. The third kappa shape index (κ3) is 4.78. The van der Waals surface area contributed by atoms with Crippen molar-refractivity contribution in [1.29, 1.82) is 0 Å². The largest absolute Gasteiger partial charge is 0.455 e. The van der Waals surface area contributed by atoms with Crippen molar-refractivity contribution < 1.29 is 4.42 Å². The molecular formula is C50H31N3O. The number of hydrogen-bond acceptors (Lipinski definition) is 3. The number of para-hydroxylation sites is 4. The number of fused-ring (bicyclic) bond motifs is 7. The number of rotatable bonds is 5. The number of nitrogens with zero attached hydrogens (tertiary/aromatic N) is 3. The van der Waals surface area contributed by atoms with Crippen molar-refractivity contribution in [1.82, 2.24) is 14.5 Å². The lowest BCUT2D eigenvalue weighted by molar-refractivity contribution is 0.670. The monoisotopic (exact) mass is 689 g/mol. The van der Waals surface area contributed by atoms with Crippen LogP contribution in [0.15, 0.2) is 192 Å². The molecule has 0 saturated heterocycles. The van der Waals surface area contributed by atoms with Gasteiger partial charge < -0.3 is 4.42 Å². The number of furan rings is 1. The minimum atomic E-state index is 0.635. The molecular weight excluding hydrogens is 659 g/mol. The summed E-state index contributed by atoms with van der Waals surface area (Å²) in [6.45, 7) is 0. The van der Waals surface area contributed by atoms with Crippen molar-refractivity contribution in [3.63, 3.8) is 0 Å². The Balaban J connectivity index is 1.19. The molecule has 4 nitrogen and oxygen atoms in total. The van der Waals surface area contributed by atoms with E-state index in [0.29, 0.717) is 5.95 Å². The van der Waals surface area contributed by atoms with E-state index in [0.717, 1.165) is 93.7 Å². The summed E-state index contributed by atoms with van der Waals surface area (Å²) in [6, 6.07) is 66.1. The molecule has 0 aliphatic heterocycles. The van der Waals surface area contributed by atoms with Gasteiger partial charge in [-0.25, -0.2) is 9.97 Å². The molecule has 0 aliphatic carbocycles. The summed E-state index contributed by atoms with van der Waals surface area (Å²) in [5, 5.41) is 5.55. The van der Waals surface area contributed by atoms with Gasteiger partial charge in [0.25, 0.3) is 0 Å². The van der Waals surface area contributed by atoms with Crippen molar-refractivity contribution in [2.75, 3.05) is 0 Å². The highest BCUT2D eigenvalue weighted by Gasteiger charge is 2.21. The fourth-order valence-corrected chi connectivity index (χ4v) is 8.13. The topological polar surface area (TPSA) is 43.9 Å². The van der Waals surface area contributed by atoms with Crippen molar-refractivity contribution in [3.05, 3.63) is 188 Å². The van der Waals surface area contributed by atoms with Crippen molar-refractivity contribution >= 4 is 54.6 Å². The van der Waals surface area contributed by atoms with Crippen molar-refractivity contribution in [2.45, 2.75) is 0 Å². The lowest BCUT2D eigenvalue weighted by atomic mass is 9.96. The molecule has 0 radical (unpaired) electrons. The molecule has 0 N–H and O–H groups in total. The molecule has 11 aromatic rings. The maximum atomic E-state index is 6.48. The molecule has 4 heteroatoms. The quantitative estimate of drug-likeness (QED) is 0.181. The van der Waals surface area contributed by atoms with E-state index in [-0.39, 0.29) is 0 Å². The van der Waals surface area contributed by atoms with Gasteiger partial charge in [0, 0.05) is 43.6 Å².